The molecule has 1 saturated carbocycles. The monoisotopic (exact) mass is 285 g/mol. The normalized spacial score (nSPS) is 15.6. The lowest BCUT2D eigenvalue weighted by atomic mass is 9.91. The van der Waals surface area contributed by atoms with Crippen molar-refractivity contribution < 1.29 is 9.13 Å². The van der Waals surface area contributed by atoms with E-state index in [1.54, 1.807) is 7.11 Å². The van der Waals surface area contributed by atoms with Crippen LogP contribution in [0.1, 0.15) is 31.2 Å². The molecule has 0 unspecified atom stereocenters. The number of alkyl halides is 1. The van der Waals surface area contributed by atoms with Gasteiger partial charge in [-0.2, -0.15) is 0 Å². The van der Waals surface area contributed by atoms with Crippen molar-refractivity contribution in [3.8, 4) is 5.75 Å². The Morgan fingerprint density at radius 2 is 2.21 bits per heavy atom. The second-order valence-corrected chi connectivity index (χ2v) is 5.43. The minimum atomic E-state index is -0.186. The van der Waals surface area contributed by atoms with Crippen molar-refractivity contribution >= 4 is 11.6 Å². The molecule has 1 aliphatic rings. The number of methoxy groups -OCH3 is 1. The van der Waals surface area contributed by atoms with Gasteiger partial charge in [0.25, 0.3) is 0 Å². The van der Waals surface area contributed by atoms with E-state index in [9.17, 15) is 4.39 Å². The Balaban J connectivity index is 2.02. The van der Waals surface area contributed by atoms with Crippen LogP contribution in [0.5, 0.6) is 5.75 Å². The average molecular weight is 286 g/mol. The van der Waals surface area contributed by atoms with Crippen LogP contribution in [0.3, 0.4) is 0 Å². The quantitative estimate of drug-likeness (QED) is 0.706. The lowest BCUT2D eigenvalue weighted by Gasteiger charge is -2.37. The number of nitrogens with zero attached hydrogens (tertiary/aromatic N) is 1. The maximum Gasteiger partial charge on any atom is 0.131 e. The van der Waals surface area contributed by atoms with Gasteiger partial charge < -0.3 is 4.74 Å². The number of rotatable bonds is 7. The van der Waals surface area contributed by atoms with Crippen LogP contribution in [-0.2, 0) is 6.54 Å². The van der Waals surface area contributed by atoms with Crippen molar-refractivity contribution in [3.05, 3.63) is 29.6 Å². The number of hydrogen-bond donors (Lipinski definition) is 0. The summed E-state index contributed by atoms with van der Waals surface area (Å²) >= 11 is 5.77. The van der Waals surface area contributed by atoms with Crippen molar-refractivity contribution in [3.63, 3.8) is 0 Å². The number of ether oxygens (including phenoxy) is 1. The average Bonchev–Trinajstić information content (AvgIpc) is 2.36. The third-order valence-electron chi connectivity index (χ3n) is 3.80. The molecule has 0 heterocycles. The predicted octanol–water partition coefficient (Wildman–Crippen LogP) is 3.82. The molecule has 1 aliphatic carbocycles. The van der Waals surface area contributed by atoms with Crippen molar-refractivity contribution in [1.82, 2.24) is 4.90 Å². The molecular weight excluding hydrogens is 265 g/mol. The van der Waals surface area contributed by atoms with Gasteiger partial charge in [-0.3, -0.25) is 4.90 Å². The lowest BCUT2D eigenvalue weighted by molar-refractivity contribution is 0.118. The molecule has 0 aromatic heterocycles. The molecule has 0 spiro atoms. The second kappa shape index (κ2) is 7.11. The maximum atomic E-state index is 14.0. The van der Waals surface area contributed by atoms with E-state index in [2.05, 4.69) is 4.90 Å². The summed E-state index contributed by atoms with van der Waals surface area (Å²) in [5.74, 6) is 1.04. The smallest absolute Gasteiger partial charge is 0.131 e. The summed E-state index contributed by atoms with van der Waals surface area (Å²) < 4.78 is 19.0. The largest absolute Gasteiger partial charge is 0.497 e. The van der Waals surface area contributed by atoms with Crippen LogP contribution in [-0.4, -0.2) is 30.5 Å². The van der Waals surface area contributed by atoms with Crippen LogP contribution in [0.25, 0.3) is 0 Å². The molecule has 1 aromatic rings. The van der Waals surface area contributed by atoms with Gasteiger partial charge in [-0.1, -0.05) is 12.5 Å². The number of halogens is 2. The van der Waals surface area contributed by atoms with Gasteiger partial charge in [-0.05, 0) is 31.9 Å². The molecule has 106 valence electrons. The van der Waals surface area contributed by atoms with Crippen LogP contribution in [0, 0.1) is 5.82 Å². The van der Waals surface area contributed by atoms with Crippen molar-refractivity contribution in [2.24, 2.45) is 0 Å². The van der Waals surface area contributed by atoms with Gasteiger partial charge in [-0.25, -0.2) is 4.39 Å². The number of benzene rings is 1. The topological polar surface area (TPSA) is 12.5 Å². The zero-order chi connectivity index (χ0) is 13.7. The van der Waals surface area contributed by atoms with E-state index in [0.717, 1.165) is 18.5 Å². The molecule has 4 heteroatoms. The molecule has 0 N–H and O–H groups in total. The summed E-state index contributed by atoms with van der Waals surface area (Å²) in [5, 5.41) is 0. The Morgan fingerprint density at radius 1 is 1.42 bits per heavy atom. The van der Waals surface area contributed by atoms with E-state index in [1.165, 1.54) is 25.3 Å². The highest BCUT2D eigenvalue weighted by Crippen LogP contribution is 2.27. The minimum absolute atomic E-state index is 0.186. The van der Waals surface area contributed by atoms with Gasteiger partial charge in [-0.15, -0.1) is 11.6 Å². The third kappa shape index (κ3) is 3.83. The molecule has 0 bridgehead atoms. The van der Waals surface area contributed by atoms with Crippen molar-refractivity contribution in [2.75, 3.05) is 19.5 Å². The van der Waals surface area contributed by atoms with Crippen LogP contribution < -0.4 is 4.74 Å². The predicted molar refractivity (Wildman–Crippen MR) is 76.3 cm³/mol. The van der Waals surface area contributed by atoms with E-state index >= 15 is 0 Å². The van der Waals surface area contributed by atoms with Crippen molar-refractivity contribution in [1.29, 1.82) is 0 Å². The summed E-state index contributed by atoms with van der Waals surface area (Å²) in [7, 11) is 1.55. The van der Waals surface area contributed by atoms with Gasteiger partial charge >= 0.3 is 0 Å². The highest BCUT2D eigenvalue weighted by atomic mass is 35.5. The first-order valence-corrected chi connectivity index (χ1v) is 7.40. The first kappa shape index (κ1) is 14.6. The molecular formula is C15H21ClFNO. The fourth-order valence-electron chi connectivity index (χ4n) is 2.41. The van der Waals surface area contributed by atoms with Crippen LogP contribution in [0.4, 0.5) is 4.39 Å². The second-order valence-electron chi connectivity index (χ2n) is 5.06. The summed E-state index contributed by atoms with van der Waals surface area (Å²) in [6.07, 6.45) is 4.68. The SMILES string of the molecule is COc1ccc(CN(CCCCl)C2CCC2)c(F)c1. The van der Waals surface area contributed by atoms with Crippen LogP contribution >= 0.6 is 11.6 Å². The highest BCUT2D eigenvalue weighted by molar-refractivity contribution is 6.17. The Labute approximate surface area is 119 Å². The summed E-state index contributed by atoms with van der Waals surface area (Å²) in [6, 6.07) is 5.69. The zero-order valence-corrected chi connectivity index (χ0v) is 12.1. The first-order valence-electron chi connectivity index (χ1n) is 6.87. The maximum absolute atomic E-state index is 14.0. The summed E-state index contributed by atoms with van der Waals surface area (Å²) in [6.45, 7) is 1.61. The minimum Gasteiger partial charge on any atom is -0.497 e. The first-order chi connectivity index (χ1) is 9.24. The van der Waals surface area contributed by atoms with E-state index in [1.807, 2.05) is 12.1 Å². The lowest BCUT2D eigenvalue weighted by Crippen LogP contribution is -2.40. The molecule has 19 heavy (non-hydrogen) atoms. The Morgan fingerprint density at radius 3 is 2.74 bits per heavy atom. The molecule has 0 radical (unpaired) electrons. The third-order valence-corrected chi connectivity index (χ3v) is 4.07. The molecule has 1 aromatic carbocycles. The standard InChI is InChI=1S/C15H21ClFNO/c1-19-14-7-6-12(15(17)10-14)11-18(9-3-8-16)13-4-2-5-13/h6-7,10,13H,2-5,8-9,11H2,1H3. The van der Waals surface area contributed by atoms with Gasteiger partial charge in [0.2, 0.25) is 0 Å². The van der Waals surface area contributed by atoms with Crippen molar-refractivity contribution in [2.45, 2.75) is 38.3 Å². The summed E-state index contributed by atoms with van der Waals surface area (Å²) in [5.41, 5.74) is 0.738. The van der Waals surface area contributed by atoms with Gasteiger partial charge in [0.05, 0.1) is 7.11 Å². The Bertz CT molecular complexity index is 409. The molecule has 0 atom stereocenters. The van der Waals surface area contributed by atoms with E-state index in [0.29, 0.717) is 24.2 Å². The van der Waals surface area contributed by atoms with Gasteiger partial charge in [0, 0.05) is 30.1 Å². The van der Waals surface area contributed by atoms with Crippen LogP contribution in [0.15, 0.2) is 18.2 Å². The van der Waals surface area contributed by atoms with E-state index < -0.39 is 0 Å². The highest BCUT2D eigenvalue weighted by Gasteiger charge is 2.25. The van der Waals surface area contributed by atoms with E-state index in [-0.39, 0.29) is 5.82 Å². The molecule has 2 nitrogen and oxygen atoms in total. The molecule has 2 rings (SSSR count). The van der Waals surface area contributed by atoms with Gasteiger partial charge in [0.1, 0.15) is 11.6 Å². The number of hydrogen-bond acceptors (Lipinski definition) is 2. The Hall–Kier alpha value is -0.800. The van der Waals surface area contributed by atoms with Gasteiger partial charge in [0.15, 0.2) is 0 Å². The summed E-state index contributed by atoms with van der Waals surface area (Å²) in [4.78, 5) is 2.36. The molecule has 0 amide bonds. The molecule has 1 fully saturated rings. The fraction of sp³-hybridized carbons (Fsp3) is 0.600. The molecule has 0 saturated heterocycles. The molecule has 0 aliphatic heterocycles. The van der Waals surface area contributed by atoms with E-state index in [4.69, 9.17) is 16.3 Å². The van der Waals surface area contributed by atoms with Crippen LogP contribution in [0.2, 0.25) is 0 Å². The zero-order valence-electron chi connectivity index (χ0n) is 11.4. The fourth-order valence-corrected chi connectivity index (χ4v) is 2.53. The Kier molecular flexibility index (Phi) is 5.46.